The van der Waals surface area contributed by atoms with Crippen LogP contribution in [0.1, 0.15) is 58.8 Å². The van der Waals surface area contributed by atoms with Crippen LogP contribution in [0.3, 0.4) is 0 Å². The molecule has 8 nitrogen and oxygen atoms in total. The van der Waals surface area contributed by atoms with E-state index in [2.05, 4.69) is 38.5 Å². The van der Waals surface area contributed by atoms with Crippen LogP contribution < -0.4 is 9.64 Å². The van der Waals surface area contributed by atoms with Gasteiger partial charge < -0.3 is 19.6 Å². The highest BCUT2D eigenvalue weighted by atomic mass is 19.1. The van der Waals surface area contributed by atoms with Crippen LogP contribution >= 0.6 is 0 Å². The maximum atomic E-state index is 12.0. The van der Waals surface area contributed by atoms with E-state index in [0.29, 0.717) is 29.7 Å². The summed E-state index contributed by atoms with van der Waals surface area (Å²) in [4.78, 5) is 28.3. The zero-order valence-electron chi connectivity index (χ0n) is 25.0. The normalized spacial score (nSPS) is 22.8. The molecule has 0 radical (unpaired) electrons. The monoisotopic (exact) mass is 569 g/mol. The van der Waals surface area contributed by atoms with Crippen LogP contribution in [0.5, 0.6) is 5.88 Å². The molecule has 2 aromatic rings. The molecule has 0 amide bonds. The Kier molecular flexibility index (Phi) is 11.7. The van der Waals surface area contributed by atoms with Crippen LogP contribution in [0.25, 0.3) is 0 Å². The van der Waals surface area contributed by atoms with Gasteiger partial charge in [0.1, 0.15) is 11.9 Å². The number of halogens is 1. The Morgan fingerprint density at radius 3 is 2.44 bits per heavy atom. The lowest BCUT2D eigenvalue weighted by atomic mass is 9.80. The van der Waals surface area contributed by atoms with E-state index in [9.17, 15) is 14.3 Å². The first-order valence-corrected chi connectivity index (χ1v) is 15.4. The lowest BCUT2D eigenvalue weighted by Gasteiger charge is -2.39. The zero-order valence-corrected chi connectivity index (χ0v) is 25.0. The highest BCUT2D eigenvalue weighted by Gasteiger charge is 2.39. The molecule has 3 fully saturated rings. The van der Waals surface area contributed by atoms with E-state index < -0.39 is 5.97 Å². The molecule has 1 aromatic heterocycles. The van der Waals surface area contributed by atoms with E-state index in [1.54, 1.807) is 37.6 Å². The minimum Gasteiger partial charge on any atom is -0.481 e. The Morgan fingerprint density at radius 1 is 1.15 bits per heavy atom. The van der Waals surface area contributed by atoms with Crippen molar-refractivity contribution < 1.29 is 19.0 Å². The minimum absolute atomic E-state index is 0.178. The van der Waals surface area contributed by atoms with Crippen molar-refractivity contribution >= 4 is 11.9 Å². The topological polar surface area (TPSA) is 82.0 Å². The lowest BCUT2D eigenvalue weighted by molar-refractivity contribution is -0.144. The maximum Gasteiger partial charge on any atom is 0.320 e. The molecule has 9 heteroatoms. The Labute approximate surface area is 244 Å². The van der Waals surface area contributed by atoms with Crippen molar-refractivity contribution in [1.82, 2.24) is 19.8 Å². The standard InChI is InChI=1S/C26H43N5O3.C6H5F/c1-4-12-31(26-27-11-8-24(28-26)34-3)22-9-13-29(14-10-22)17-21-18-30(16-19(21)2)23(25(32)33)15-20-6-5-7-20;7-6-4-2-1-3-5-6/h8,11,19-23H,4-7,9-10,12-18H2,1-3H3,(H,32,33);1-5H. The molecule has 41 heavy (non-hydrogen) atoms. The van der Waals surface area contributed by atoms with Crippen molar-refractivity contribution in [1.29, 1.82) is 0 Å². The summed E-state index contributed by atoms with van der Waals surface area (Å²) in [6.07, 6.45) is 9.56. The molecule has 3 unspecified atom stereocenters. The van der Waals surface area contributed by atoms with Crippen molar-refractivity contribution in [3.63, 3.8) is 0 Å². The zero-order chi connectivity index (χ0) is 29.2. The first kappa shape index (κ1) is 31.2. The molecule has 2 saturated heterocycles. The predicted octanol–water partition coefficient (Wildman–Crippen LogP) is 5.20. The summed E-state index contributed by atoms with van der Waals surface area (Å²) in [6, 6.07) is 9.88. The number of carboxylic acids is 1. The van der Waals surface area contributed by atoms with Crippen LogP contribution in [0.4, 0.5) is 10.3 Å². The molecule has 226 valence electrons. The number of hydrogen-bond acceptors (Lipinski definition) is 7. The smallest absolute Gasteiger partial charge is 0.320 e. The van der Waals surface area contributed by atoms with Crippen LogP contribution in [-0.4, -0.2) is 89.3 Å². The van der Waals surface area contributed by atoms with Gasteiger partial charge in [-0.1, -0.05) is 51.3 Å². The number of nitrogens with zero attached hydrogens (tertiary/aromatic N) is 5. The molecule has 1 aliphatic carbocycles. The predicted molar refractivity (Wildman–Crippen MR) is 160 cm³/mol. The van der Waals surface area contributed by atoms with Crippen molar-refractivity contribution in [2.45, 2.75) is 70.9 Å². The average molecular weight is 570 g/mol. The fourth-order valence-corrected chi connectivity index (χ4v) is 6.45. The number of hydrogen-bond donors (Lipinski definition) is 1. The lowest BCUT2D eigenvalue weighted by Crippen LogP contribution is -2.47. The number of piperidine rings is 1. The highest BCUT2D eigenvalue weighted by Crippen LogP contribution is 2.34. The first-order valence-electron chi connectivity index (χ1n) is 15.4. The van der Waals surface area contributed by atoms with Crippen molar-refractivity contribution in [3.05, 3.63) is 48.4 Å². The first-order chi connectivity index (χ1) is 19.9. The van der Waals surface area contributed by atoms with Gasteiger partial charge in [0.25, 0.3) is 0 Å². The molecule has 1 aromatic carbocycles. The number of benzene rings is 1. The third kappa shape index (κ3) is 8.85. The molecule has 2 aliphatic heterocycles. The van der Waals surface area contributed by atoms with Crippen LogP contribution in [0.2, 0.25) is 0 Å². The summed E-state index contributed by atoms with van der Waals surface area (Å²) >= 11 is 0. The summed E-state index contributed by atoms with van der Waals surface area (Å²) < 4.78 is 17.2. The summed E-state index contributed by atoms with van der Waals surface area (Å²) in [5.41, 5.74) is 0. The number of aliphatic carboxylic acids is 1. The molecule has 0 bridgehead atoms. The number of likely N-dealkylation sites (tertiary alicyclic amines) is 2. The number of anilines is 1. The van der Waals surface area contributed by atoms with E-state index >= 15 is 0 Å². The Hall–Kier alpha value is -2.78. The quantitative estimate of drug-likeness (QED) is 0.395. The number of methoxy groups -OCH3 is 1. The summed E-state index contributed by atoms with van der Waals surface area (Å²) in [5.74, 6) is 2.29. The molecule has 0 spiro atoms. The number of aromatic nitrogens is 2. The van der Waals surface area contributed by atoms with E-state index in [0.717, 1.165) is 70.9 Å². The van der Waals surface area contributed by atoms with E-state index in [1.165, 1.54) is 31.4 Å². The minimum atomic E-state index is -0.628. The van der Waals surface area contributed by atoms with Crippen LogP contribution in [0, 0.1) is 23.6 Å². The Balaban J connectivity index is 0.000000483. The maximum absolute atomic E-state index is 12.0. The number of ether oxygens (including phenoxy) is 1. The van der Waals surface area contributed by atoms with E-state index in [1.807, 2.05) is 0 Å². The van der Waals surface area contributed by atoms with Gasteiger partial charge in [0, 0.05) is 57.6 Å². The van der Waals surface area contributed by atoms with Gasteiger partial charge in [-0.25, -0.2) is 9.37 Å². The fourth-order valence-electron chi connectivity index (χ4n) is 6.45. The van der Waals surface area contributed by atoms with Gasteiger partial charge in [-0.3, -0.25) is 9.69 Å². The number of rotatable bonds is 11. The second-order valence-corrected chi connectivity index (χ2v) is 12.0. The van der Waals surface area contributed by atoms with Gasteiger partial charge >= 0.3 is 5.97 Å². The van der Waals surface area contributed by atoms with Crippen molar-refractivity contribution in [3.8, 4) is 5.88 Å². The highest BCUT2D eigenvalue weighted by molar-refractivity contribution is 5.73. The van der Waals surface area contributed by atoms with Crippen LogP contribution in [-0.2, 0) is 4.79 Å². The second-order valence-electron chi connectivity index (χ2n) is 12.0. The fraction of sp³-hybridized carbons (Fsp3) is 0.656. The van der Waals surface area contributed by atoms with Gasteiger partial charge in [-0.2, -0.15) is 4.98 Å². The average Bonchev–Trinajstić information content (AvgIpc) is 3.31. The molecular weight excluding hydrogens is 521 g/mol. The van der Waals surface area contributed by atoms with Gasteiger partial charge in [0.2, 0.25) is 11.8 Å². The number of carbonyl (C=O) groups is 1. The molecule has 5 rings (SSSR count). The summed E-state index contributed by atoms with van der Waals surface area (Å²) in [5, 5.41) is 9.87. The molecule has 1 saturated carbocycles. The molecular formula is C32H48FN5O3. The van der Waals surface area contributed by atoms with E-state index in [4.69, 9.17) is 4.74 Å². The van der Waals surface area contributed by atoms with Gasteiger partial charge in [0.05, 0.1) is 7.11 Å². The SMILES string of the molecule is CCCN(c1nccc(OC)n1)C1CCN(CC2CN(C(CC3CCC3)C(=O)O)CC2C)CC1.Fc1ccccc1. The summed E-state index contributed by atoms with van der Waals surface area (Å²) in [7, 11) is 1.64. The molecule has 3 aliphatic rings. The van der Waals surface area contributed by atoms with Gasteiger partial charge in [-0.15, -0.1) is 0 Å². The Bertz CT molecular complexity index is 1060. The van der Waals surface area contributed by atoms with E-state index in [-0.39, 0.29) is 11.9 Å². The third-order valence-corrected chi connectivity index (χ3v) is 9.07. The molecule has 1 N–H and O–H groups in total. The Morgan fingerprint density at radius 2 is 1.88 bits per heavy atom. The molecule has 3 atom stereocenters. The number of carboxylic acid groups (broad SMARTS) is 1. The van der Waals surface area contributed by atoms with Crippen LogP contribution in [0.15, 0.2) is 42.6 Å². The molecule has 3 heterocycles. The second kappa shape index (κ2) is 15.4. The summed E-state index contributed by atoms with van der Waals surface area (Å²) in [6.45, 7) is 10.5. The van der Waals surface area contributed by atoms with Gasteiger partial charge in [-0.05, 0) is 55.6 Å². The van der Waals surface area contributed by atoms with Crippen molar-refractivity contribution in [2.24, 2.45) is 17.8 Å². The van der Waals surface area contributed by atoms with Gasteiger partial charge in [0.15, 0.2) is 0 Å². The largest absolute Gasteiger partial charge is 0.481 e. The van der Waals surface area contributed by atoms with Crippen molar-refractivity contribution in [2.75, 3.05) is 51.3 Å². The third-order valence-electron chi connectivity index (χ3n) is 9.07.